The third kappa shape index (κ3) is 5.42. The number of ether oxygens (including phenoxy) is 2. The molecule has 1 heterocycles. The quantitative estimate of drug-likeness (QED) is 0.253. The molecule has 1 aliphatic rings. The van der Waals surface area contributed by atoms with Gasteiger partial charge in [-0.3, -0.25) is 14.5 Å². The molecule has 0 aliphatic carbocycles. The number of benzene rings is 4. The second-order valence-electron chi connectivity index (χ2n) is 8.15. The van der Waals surface area contributed by atoms with Gasteiger partial charge in [-0.05, 0) is 64.7 Å². The lowest BCUT2D eigenvalue weighted by atomic mass is 10.1. The minimum atomic E-state index is -0.343. The number of rotatable bonds is 8. The number of carbonyl (C=O) groups excluding carboxylic acids is 2. The highest BCUT2D eigenvalue weighted by Gasteiger charge is 2.34. The summed E-state index contributed by atoms with van der Waals surface area (Å²) in [6.07, 6.45) is 1.68. The number of amides is 2. The Labute approximate surface area is 212 Å². The van der Waals surface area contributed by atoms with Gasteiger partial charge in [0.2, 0.25) is 0 Å². The van der Waals surface area contributed by atoms with Gasteiger partial charge in [0.1, 0.15) is 30.5 Å². The molecule has 2 amide bonds. The Morgan fingerprint density at radius 2 is 1.64 bits per heavy atom. The van der Waals surface area contributed by atoms with Gasteiger partial charge in [0, 0.05) is 5.39 Å². The largest absolute Gasteiger partial charge is 0.491 e. The number of hydrogen-bond acceptors (Lipinski definition) is 5. The third-order valence-corrected chi connectivity index (χ3v) is 6.58. The highest BCUT2D eigenvalue weighted by atomic mass is 32.2. The Hall–Kier alpha value is -4.10. The summed E-state index contributed by atoms with van der Waals surface area (Å²) in [5.74, 6) is 0.683. The Kier molecular flexibility index (Phi) is 7.00. The van der Waals surface area contributed by atoms with E-state index >= 15 is 0 Å². The lowest BCUT2D eigenvalue weighted by Gasteiger charge is -2.14. The van der Waals surface area contributed by atoms with Crippen molar-refractivity contribution in [3.8, 4) is 11.5 Å². The van der Waals surface area contributed by atoms with Crippen LogP contribution in [0.25, 0.3) is 16.8 Å². The maximum absolute atomic E-state index is 13.1. The van der Waals surface area contributed by atoms with Crippen molar-refractivity contribution in [3.63, 3.8) is 0 Å². The van der Waals surface area contributed by atoms with Gasteiger partial charge in [-0.1, -0.05) is 60.7 Å². The van der Waals surface area contributed by atoms with Gasteiger partial charge in [0.15, 0.2) is 0 Å². The molecule has 4 aromatic rings. The smallest absolute Gasteiger partial charge is 0.293 e. The molecule has 5 rings (SSSR count). The second-order valence-corrected chi connectivity index (χ2v) is 9.14. The van der Waals surface area contributed by atoms with E-state index in [0.717, 1.165) is 33.7 Å². The molecule has 0 bridgehead atoms. The van der Waals surface area contributed by atoms with Crippen molar-refractivity contribution in [1.29, 1.82) is 0 Å². The zero-order valence-corrected chi connectivity index (χ0v) is 20.0. The second kappa shape index (κ2) is 10.7. The molecule has 0 unspecified atom stereocenters. The van der Waals surface area contributed by atoms with E-state index in [0.29, 0.717) is 16.4 Å². The van der Waals surface area contributed by atoms with Crippen molar-refractivity contribution in [2.75, 3.05) is 13.2 Å². The Bertz CT molecular complexity index is 1450. The fourth-order valence-corrected chi connectivity index (χ4v) is 4.72. The van der Waals surface area contributed by atoms with Crippen LogP contribution in [0.15, 0.2) is 95.9 Å². The zero-order chi connectivity index (χ0) is 24.9. The normalized spacial score (nSPS) is 14.6. The number of thioether (sulfide) groups is 1. The lowest BCUT2D eigenvalue weighted by Crippen LogP contribution is -2.32. The molecular weight excluding hydrogens is 477 g/mol. The van der Waals surface area contributed by atoms with E-state index in [2.05, 4.69) is 0 Å². The molecule has 180 valence electrons. The van der Waals surface area contributed by atoms with Crippen LogP contribution in [-0.2, 0) is 11.4 Å². The van der Waals surface area contributed by atoms with E-state index in [1.54, 1.807) is 30.3 Å². The van der Waals surface area contributed by atoms with E-state index < -0.39 is 0 Å². The summed E-state index contributed by atoms with van der Waals surface area (Å²) >= 11 is 0.910. The highest BCUT2D eigenvalue weighted by Crippen LogP contribution is 2.33. The predicted octanol–water partition coefficient (Wildman–Crippen LogP) is 6.67. The molecule has 0 aromatic heterocycles. The van der Waals surface area contributed by atoms with Gasteiger partial charge >= 0.3 is 0 Å². The third-order valence-electron chi connectivity index (χ3n) is 5.67. The van der Waals surface area contributed by atoms with Crippen LogP contribution in [0.1, 0.15) is 11.1 Å². The first-order valence-electron chi connectivity index (χ1n) is 11.4. The molecule has 0 atom stereocenters. The molecule has 1 aliphatic heterocycles. The molecule has 0 saturated carbocycles. The van der Waals surface area contributed by atoms with Gasteiger partial charge in [-0.25, -0.2) is 4.39 Å². The number of halogens is 1. The monoisotopic (exact) mass is 499 g/mol. The number of hydrogen-bond donors (Lipinski definition) is 0. The first-order valence-corrected chi connectivity index (χ1v) is 12.2. The number of imide groups is 1. The van der Waals surface area contributed by atoms with Gasteiger partial charge in [0.25, 0.3) is 11.1 Å². The summed E-state index contributed by atoms with van der Waals surface area (Å²) < 4.78 is 24.8. The van der Waals surface area contributed by atoms with Crippen LogP contribution in [0, 0.1) is 5.82 Å². The van der Waals surface area contributed by atoms with Crippen molar-refractivity contribution in [2.24, 2.45) is 0 Å². The fourth-order valence-electron chi connectivity index (χ4n) is 3.85. The minimum absolute atomic E-state index is 0.159. The van der Waals surface area contributed by atoms with Crippen molar-refractivity contribution in [1.82, 2.24) is 4.90 Å². The van der Waals surface area contributed by atoms with Crippen molar-refractivity contribution >= 4 is 39.8 Å². The average Bonchev–Trinajstić information content (AvgIpc) is 3.16. The van der Waals surface area contributed by atoms with E-state index in [1.807, 2.05) is 54.6 Å². The van der Waals surface area contributed by atoms with Crippen LogP contribution in [0.3, 0.4) is 0 Å². The van der Waals surface area contributed by atoms with E-state index in [-0.39, 0.29) is 36.7 Å². The molecule has 36 heavy (non-hydrogen) atoms. The summed E-state index contributed by atoms with van der Waals surface area (Å²) in [6, 6.07) is 27.0. The maximum atomic E-state index is 13.1. The fraction of sp³-hybridized carbons (Fsp3) is 0.103. The van der Waals surface area contributed by atoms with Crippen LogP contribution in [0.5, 0.6) is 11.5 Å². The molecule has 4 aromatic carbocycles. The zero-order valence-electron chi connectivity index (χ0n) is 19.2. The maximum Gasteiger partial charge on any atom is 0.293 e. The standard InChI is InChI=1S/C29H22FNO4S/c30-23-13-11-20(12-14-23)19-35-24-8-3-5-21(17-24)18-27-28(32)31(29(33)36-27)15-16-34-26-10-4-7-22-6-1-2-9-25(22)26/h1-14,17-18H,15-16,19H2/b27-18-. The molecule has 0 spiro atoms. The first kappa shape index (κ1) is 23.6. The SMILES string of the molecule is O=C1S/C(=C\c2cccc(OCc3ccc(F)cc3)c2)C(=O)N1CCOc1cccc2ccccc12. The summed E-state index contributed by atoms with van der Waals surface area (Å²) in [4.78, 5) is 27.0. The summed E-state index contributed by atoms with van der Waals surface area (Å²) in [5, 5.41) is 1.72. The van der Waals surface area contributed by atoms with E-state index in [9.17, 15) is 14.0 Å². The van der Waals surface area contributed by atoms with Gasteiger partial charge in [-0.15, -0.1) is 0 Å². The van der Waals surface area contributed by atoms with Crippen LogP contribution < -0.4 is 9.47 Å². The number of fused-ring (bicyclic) bond motifs is 1. The van der Waals surface area contributed by atoms with Gasteiger partial charge in [0.05, 0.1) is 11.4 Å². The summed E-state index contributed by atoms with van der Waals surface area (Å²) in [6.45, 7) is 0.648. The van der Waals surface area contributed by atoms with Crippen LogP contribution in [0.4, 0.5) is 9.18 Å². The minimum Gasteiger partial charge on any atom is -0.491 e. The predicted molar refractivity (Wildman–Crippen MR) is 139 cm³/mol. The molecule has 0 N–H and O–H groups in total. The van der Waals surface area contributed by atoms with Crippen LogP contribution >= 0.6 is 11.8 Å². The van der Waals surface area contributed by atoms with Gasteiger partial charge in [-0.2, -0.15) is 0 Å². The van der Waals surface area contributed by atoms with Gasteiger partial charge < -0.3 is 9.47 Å². The first-order chi connectivity index (χ1) is 17.6. The Balaban J connectivity index is 1.21. The molecular formula is C29H22FNO4S. The highest BCUT2D eigenvalue weighted by molar-refractivity contribution is 8.18. The Morgan fingerprint density at radius 3 is 2.50 bits per heavy atom. The van der Waals surface area contributed by atoms with E-state index in [4.69, 9.17) is 9.47 Å². The topological polar surface area (TPSA) is 55.8 Å². The van der Waals surface area contributed by atoms with Crippen molar-refractivity contribution in [2.45, 2.75) is 6.61 Å². The summed E-state index contributed by atoms with van der Waals surface area (Å²) in [7, 11) is 0. The average molecular weight is 500 g/mol. The van der Waals surface area contributed by atoms with Crippen molar-refractivity contribution in [3.05, 3.63) is 113 Å². The Morgan fingerprint density at radius 1 is 0.861 bits per heavy atom. The van der Waals surface area contributed by atoms with Crippen LogP contribution in [0.2, 0.25) is 0 Å². The summed E-state index contributed by atoms with van der Waals surface area (Å²) in [5.41, 5.74) is 1.58. The number of carbonyl (C=O) groups is 2. The van der Waals surface area contributed by atoms with Crippen LogP contribution in [-0.4, -0.2) is 29.2 Å². The molecule has 7 heteroatoms. The lowest BCUT2D eigenvalue weighted by molar-refractivity contribution is -0.123. The van der Waals surface area contributed by atoms with Crippen molar-refractivity contribution < 1.29 is 23.5 Å². The number of nitrogens with zero attached hydrogens (tertiary/aromatic N) is 1. The van der Waals surface area contributed by atoms with E-state index in [1.165, 1.54) is 17.0 Å². The molecule has 0 radical (unpaired) electrons. The molecule has 1 fully saturated rings. The molecule has 5 nitrogen and oxygen atoms in total. The molecule has 1 saturated heterocycles.